The van der Waals surface area contributed by atoms with Crippen LogP contribution in [0.15, 0.2) is 35.0 Å². The van der Waals surface area contributed by atoms with Gasteiger partial charge < -0.3 is 9.09 Å². The van der Waals surface area contributed by atoms with Crippen LogP contribution in [0.2, 0.25) is 0 Å². The van der Waals surface area contributed by atoms with E-state index in [1.54, 1.807) is 0 Å². The Labute approximate surface area is 171 Å². The average molecular weight is 396 g/mol. The number of nitrogens with zero attached hydrogens (tertiary/aromatic N) is 4. The summed E-state index contributed by atoms with van der Waals surface area (Å²) >= 11 is 0. The number of hydrogen-bond donors (Lipinski definition) is 2. The van der Waals surface area contributed by atoms with Crippen LogP contribution in [-0.4, -0.2) is 31.8 Å². The Morgan fingerprint density at radius 1 is 1.21 bits per heavy atom. The van der Waals surface area contributed by atoms with Crippen LogP contribution in [0, 0.1) is 0 Å². The van der Waals surface area contributed by atoms with Crippen molar-refractivity contribution < 1.29 is 9.10 Å². The van der Waals surface area contributed by atoms with Gasteiger partial charge in [-0.15, -0.1) is 0 Å². The van der Waals surface area contributed by atoms with Crippen LogP contribution in [0.3, 0.4) is 0 Å². The molecule has 29 heavy (non-hydrogen) atoms. The molecule has 1 aromatic carbocycles. The maximum Gasteiger partial charge on any atom is 0.341 e. The quantitative estimate of drug-likeness (QED) is 0.343. The van der Waals surface area contributed by atoms with Gasteiger partial charge in [0, 0.05) is 29.2 Å². The van der Waals surface area contributed by atoms with E-state index < -0.39 is 0 Å². The van der Waals surface area contributed by atoms with Crippen molar-refractivity contribution in [2.45, 2.75) is 64.5 Å². The van der Waals surface area contributed by atoms with Crippen molar-refractivity contribution in [3.05, 3.63) is 36.4 Å². The Morgan fingerprint density at radius 3 is 2.90 bits per heavy atom. The van der Waals surface area contributed by atoms with Gasteiger partial charge in [0.25, 0.3) is 5.89 Å². The third-order valence-electron chi connectivity index (χ3n) is 5.84. The first kappa shape index (κ1) is 19.5. The highest BCUT2D eigenvalue weighted by Gasteiger charge is 2.31. The highest BCUT2D eigenvalue weighted by molar-refractivity contribution is 5.84. The molecule has 7 nitrogen and oxygen atoms in total. The number of fused-ring (bicyclic) bond motifs is 1. The molecule has 0 spiro atoms. The maximum atomic E-state index is 5.79. The first-order chi connectivity index (χ1) is 14.2. The van der Waals surface area contributed by atoms with Crippen LogP contribution in [0.5, 0.6) is 0 Å². The molecule has 2 aromatic heterocycles. The standard InChI is InChI=1S/C22H30N6O/c1-2-3-4-5-6-12-27-14-11-16-15-17(9-10-18(16)27)20-25-21(29-26-20)19-8-7-13-28(19)22(23)24/h9-11,14-15,19H,2-8,12-13H2,1H3,(H3,23,24)/p+1/t19-/m0/s1. The fourth-order valence-corrected chi connectivity index (χ4v) is 4.24. The van der Waals surface area contributed by atoms with E-state index in [2.05, 4.69) is 52.1 Å². The van der Waals surface area contributed by atoms with Crippen molar-refractivity contribution in [3.8, 4) is 11.4 Å². The van der Waals surface area contributed by atoms with Crippen LogP contribution in [0.4, 0.5) is 0 Å². The van der Waals surface area contributed by atoms with Crippen molar-refractivity contribution >= 4 is 16.9 Å². The monoisotopic (exact) mass is 395 g/mol. The topological polar surface area (TPSA) is 98.9 Å². The summed E-state index contributed by atoms with van der Waals surface area (Å²) in [5.41, 5.74) is 13.8. The molecule has 0 aliphatic carbocycles. The van der Waals surface area contributed by atoms with Crippen LogP contribution < -0.4 is 11.5 Å². The van der Waals surface area contributed by atoms with Gasteiger partial charge in [0.15, 0.2) is 6.04 Å². The van der Waals surface area contributed by atoms with E-state index in [0.717, 1.165) is 31.5 Å². The van der Waals surface area contributed by atoms with Crippen molar-refractivity contribution in [3.63, 3.8) is 0 Å². The predicted molar refractivity (Wildman–Crippen MR) is 114 cm³/mol. The van der Waals surface area contributed by atoms with Crippen molar-refractivity contribution in [1.29, 1.82) is 0 Å². The zero-order valence-corrected chi connectivity index (χ0v) is 17.2. The maximum absolute atomic E-state index is 5.79. The number of benzene rings is 1. The number of hydrogen-bond acceptors (Lipinski definition) is 3. The number of aromatic nitrogens is 3. The summed E-state index contributed by atoms with van der Waals surface area (Å²) in [4.78, 5) is 4.64. The van der Waals surface area contributed by atoms with E-state index in [9.17, 15) is 0 Å². The lowest BCUT2D eigenvalue weighted by atomic mass is 10.1. The minimum absolute atomic E-state index is 0.0289. The molecule has 0 saturated carbocycles. The normalized spacial score (nSPS) is 16.7. The van der Waals surface area contributed by atoms with Crippen LogP contribution >= 0.6 is 0 Å². The van der Waals surface area contributed by atoms with Crippen LogP contribution in [0.25, 0.3) is 22.3 Å². The summed E-state index contributed by atoms with van der Waals surface area (Å²) < 4.78 is 9.82. The van der Waals surface area contributed by atoms with Gasteiger partial charge in [-0.25, -0.2) is 0 Å². The van der Waals surface area contributed by atoms with E-state index in [1.165, 1.54) is 43.0 Å². The van der Waals surface area contributed by atoms with E-state index >= 15 is 0 Å². The second-order valence-electron chi connectivity index (χ2n) is 7.93. The number of aryl methyl sites for hydroxylation is 1. The fraction of sp³-hybridized carbons (Fsp3) is 0.500. The molecule has 4 N–H and O–H groups in total. The highest BCUT2D eigenvalue weighted by atomic mass is 16.5. The summed E-state index contributed by atoms with van der Waals surface area (Å²) in [7, 11) is 0. The molecule has 4 rings (SSSR count). The number of unbranched alkanes of at least 4 members (excludes halogenated alkanes) is 4. The van der Waals surface area contributed by atoms with E-state index in [0.29, 0.717) is 17.7 Å². The molecule has 3 aromatic rings. The highest BCUT2D eigenvalue weighted by Crippen LogP contribution is 2.29. The Bertz CT molecular complexity index is 998. The smallest absolute Gasteiger partial charge is 0.341 e. The molecule has 0 amide bonds. The Kier molecular flexibility index (Phi) is 5.83. The fourth-order valence-electron chi connectivity index (χ4n) is 4.24. The summed E-state index contributed by atoms with van der Waals surface area (Å²) in [6, 6.07) is 8.49. The SMILES string of the molecule is CCCCCCCn1ccc2cc(-c3noc([C@@H]4CCC[N+]4=C(N)N)n3)ccc21. The lowest BCUT2D eigenvalue weighted by Gasteiger charge is -2.07. The van der Waals surface area contributed by atoms with Gasteiger partial charge in [0.05, 0.1) is 6.54 Å². The second-order valence-corrected chi connectivity index (χ2v) is 7.93. The van der Waals surface area contributed by atoms with Crippen molar-refractivity contribution in [1.82, 2.24) is 14.7 Å². The van der Waals surface area contributed by atoms with Gasteiger partial charge in [-0.1, -0.05) is 37.8 Å². The molecular formula is C22H31N6O+. The van der Waals surface area contributed by atoms with E-state index in [4.69, 9.17) is 16.0 Å². The number of nitrogens with two attached hydrogens (primary N) is 2. The Hall–Kier alpha value is -2.83. The van der Waals surface area contributed by atoms with Crippen LogP contribution in [0.1, 0.15) is 63.8 Å². The average Bonchev–Trinajstić information content (AvgIpc) is 3.46. The van der Waals surface area contributed by atoms with Gasteiger partial charge in [-0.3, -0.25) is 16.0 Å². The molecule has 1 aliphatic heterocycles. The van der Waals surface area contributed by atoms with Gasteiger partial charge >= 0.3 is 5.96 Å². The lowest BCUT2D eigenvalue weighted by Crippen LogP contribution is -2.35. The van der Waals surface area contributed by atoms with Gasteiger partial charge in [-0.2, -0.15) is 4.98 Å². The molecule has 154 valence electrons. The largest absolute Gasteiger partial charge is 0.347 e. The van der Waals surface area contributed by atoms with Crippen molar-refractivity contribution in [2.24, 2.45) is 11.5 Å². The van der Waals surface area contributed by atoms with Gasteiger partial charge in [0.1, 0.15) is 0 Å². The first-order valence-corrected chi connectivity index (χ1v) is 10.7. The zero-order chi connectivity index (χ0) is 20.2. The first-order valence-electron chi connectivity index (χ1n) is 10.7. The van der Waals surface area contributed by atoms with Gasteiger partial charge in [-0.05, 0) is 43.5 Å². The van der Waals surface area contributed by atoms with Crippen molar-refractivity contribution in [2.75, 3.05) is 6.54 Å². The van der Waals surface area contributed by atoms with Gasteiger partial charge in [0.2, 0.25) is 5.82 Å². The molecule has 1 fully saturated rings. The predicted octanol–water partition coefficient (Wildman–Crippen LogP) is 3.78. The molecule has 1 aliphatic rings. The summed E-state index contributed by atoms with van der Waals surface area (Å²) in [5.74, 6) is 1.50. The minimum Gasteiger partial charge on any atom is -0.347 e. The lowest BCUT2D eigenvalue weighted by molar-refractivity contribution is -0.555. The number of rotatable bonds is 8. The van der Waals surface area contributed by atoms with E-state index in [1.807, 2.05) is 4.58 Å². The Balaban J connectivity index is 1.49. The molecule has 1 atom stereocenters. The number of guanidine groups is 1. The zero-order valence-electron chi connectivity index (χ0n) is 17.2. The Morgan fingerprint density at radius 2 is 2.07 bits per heavy atom. The minimum atomic E-state index is -0.0289. The molecule has 0 unspecified atom stereocenters. The molecule has 7 heteroatoms. The molecule has 3 heterocycles. The summed E-state index contributed by atoms with van der Waals surface area (Å²) in [6.45, 7) is 4.13. The molecule has 0 radical (unpaired) electrons. The molecular weight excluding hydrogens is 364 g/mol. The third-order valence-corrected chi connectivity index (χ3v) is 5.84. The summed E-state index contributed by atoms with van der Waals surface area (Å²) in [5, 5.41) is 5.40. The molecule has 0 bridgehead atoms. The molecule has 1 saturated heterocycles. The van der Waals surface area contributed by atoms with E-state index in [-0.39, 0.29) is 6.04 Å². The second kappa shape index (κ2) is 8.68. The third kappa shape index (κ3) is 4.13. The van der Waals surface area contributed by atoms with Crippen LogP contribution in [-0.2, 0) is 6.54 Å². The summed E-state index contributed by atoms with van der Waals surface area (Å²) in [6.07, 6.45) is 10.6.